The van der Waals surface area contributed by atoms with Crippen LogP contribution < -0.4 is 15.5 Å². The first-order valence-electron chi connectivity index (χ1n) is 7.21. The Morgan fingerprint density at radius 2 is 2.00 bits per heavy atom. The highest BCUT2D eigenvalue weighted by Gasteiger charge is 2.10. The van der Waals surface area contributed by atoms with Crippen LogP contribution in [0.2, 0.25) is 0 Å². The smallest absolute Gasteiger partial charge is 0.320 e. The van der Waals surface area contributed by atoms with Gasteiger partial charge in [-0.1, -0.05) is 17.3 Å². The molecule has 22 heavy (non-hydrogen) atoms. The maximum absolute atomic E-state index is 11.9. The minimum absolute atomic E-state index is 0.0122. The zero-order valence-electron chi connectivity index (χ0n) is 13.4. The van der Waals surface area contributed by atoms with Crippen molar-refractivity contribution in [2.24, 2.45) is 0 Å². The van der Waals surface area contributed by atoms with Gasteiger partial charge in [-0.3, -0.25) is 5.32 Å². The van der Waals surface area contributed by atoms with Gasteiger partial charge < -0.3 is 14.7 Å². The lowest BCUT2D eigenvalue weighted by Crippen LogP contribution is -2.37. The van der Waals surface area contributed by atoms with Crippen LogP contribution in [0, 0.1) is 6.92 Å². The number of aromatic nitrogens is 1. The van der Waals surface area contributed by atoms with Crippen LogP contribution in [0.3, 0.4) is 0 Å². The van der Waals surface area contributed by atoms with Crippen LogP contribution in [0.4, 0.5) is 16.3 Å². The first-order valence-corrected chi connectivity index (χ1v) is 7.21. The van der Waals surface area contributed by atoms with E-state index < -0.39 is 0 Å². The van der Waals surface area contributed by atoms with Gasteiger partial charge in [-0.05, 0) is 38.0 Å². The molecule has 6 nitrogen and oxygen atoms in total. The lowest BCUT2D eigenvalue weighted by atomic mass is 10.1. The van der Waals surface area contributed by atoms with Crippen LogP contribution in [0.15, 0.2) is 34.9 Å². The minimum Gasteiger partial charge on any atom is -0.378 e. The highest BCUT2D eigenvalue weighted by molar-refractivity contribution is 5.88. The van der Waals surface area contributed by atoms with Crippen LogP contribution in [0.5, 0.6) is 0 Å². The van der Waals surface area contributed by atoms with Gasteiger partial charge in [-0.25, -0.2) is 4.79 Å². The molecule has 1 atom stereocenters. The van der Waals surface area contributed by atoms with Gasteiger partial charge in [0.25, 0.3) is 0 Å². The Bertz CT molecular complexity index is 619. The second kappa shape index (κ2) is 6.98. The number of aryl methyl sites for hydroxylation is 1. The third-order valence-corrected chi connectivity index (χ3v) is 3.24. The maximum atomic E-state index is 11.9. The highest BCUT2D eigenvalue weighted by atomic mass is 16.5. The summed E-state index contributed by atoms with van der Waals surface area (Å²) in [5, 5.41) is 9.24. The normalized spacial score (nSPS) is 11.8. The Hall–Kier alpha value is -2.50. The van der Waals surface area contributed by atoms with Crippen LogP contribution in [-0.4, -0.2) is 31.3 Å². The van der Waals surface area contributed by atoms with Gasteiger partial charge in [-0.2, -0.15) is 0 Å². The summed E-state index contributed by atoms with van der Waals surface area (Å²) in [5.41, 5.74) is 2.33. The van der Waals surface area contributed by atoms with Gasteiger partial charge in [0.05, 0.1) is 0 Å². The summed E-state index contributed by atoms with van der Waals surface area (Å²) in [4.78, 5) is 13.9. The lowest BCUT2D eigenvalue weighted by Gasteiger charge is -2.16. The number of anilines is 2. The summed E-state index contributed by atoms with van der Waals surface area (Å²) >= 11 is 0. The molecule has 0 aliphatic heterocycles. The van der Waals surface area contributed by atoms with Gasteiger partial charge in [0.1, 0.15) is 5.76 Å². The number of hydrogen-bond acceptors (Lipinski definition) is 4. The average Bonchev–Trinajstić information content (AvgIpc) is 2.84. The number of carbonyl (C=O) groups is 1. The third kappa shape index (κ3) is 4.51. The predicted octanol–water partition coefficient (Wildman–Crippen LogP) is 2.80. The van der Waals surface area contributed by atoms with Gasteiger partial charge in [-0.15, -0.1) is 0 Å². The number of hydrogen-bond donors (Lipinski definition) is 2. The molecule has 2 rings (SSSR count). The molecular formula is C16H22N4O2. The standard InChI is InChI=1S/C16H22N4O2/c1-11(9-13-5-7-14(8-6-13)20(3)4)17-16(21)18-15-10-12(2)22-19-15/h5-8,10-11H,9H2,1-4H3,(H2,17,18,19,21). The number of benzene rings is 1. The molecule has 0 saturated carbocycles. The quantitative estimate of drug-likeness (QED) is 0.891. The first kappa shape index (κ1) is 15.9. The van der Waals surface area contributed by atoms with E-state index in [0.29, 0.717) is 11.6 Å². The number of nitrogens with one attached hydrogen (secondary N) is 2. The SMILES string of the molecule is Cc1cc(NC(=O)NC(C)Cc2ccc(N(C)C)cc2)no1. The Balaban J connectivity index is 1.84. The molecule has 0 aliphatic carbocycles. The van der Waals surface area contributed by atoms with Crippen LogP contribution >= 0.6 is 0 Å². The maximum Gasteiger partial charge on any atom is 0.320 e. The van der Waals surface area contributed by atoms with E-state index in [2.05, 4.69) is 45.0 Å². The summed E-state index contributed by atoms with van der Waals surface area (Å²) < 4.78 is 4.90. The molecule has 0 fully saturated rings. The van der Waals surface area contributed by atoms with Gasteiger partial charge >= 0.3 is 6.03 Å². The van der Waals surface area contributed by atoms with Crippen molar-refractivity contribution in [3.05, 3.63) is 41.7 Å². The molecule has 1 unspecified atom stereocenters. The molecule has 1 heterocycles. The molecule has 0 spiro atoms. The third-order valence-electron chi connectivity index (χ3n) is 3.24. The zero-order valence-corrected chi connectivity index (χ0v) is 13.4. The highest BCUT2D eigenvalue weighted by Crippen LogP contribution is 2.13. The van der Waals surface area contributed by atoms with Crippen LogP contribution in [0.1, 0.15) is 18.2 Å². The molecule has 0 aliphatic rings. The lowest BCUT2D eigenvalue weighted by molar-refractivity contribution is 0.249. The molecule has 0 radical (unpaired) electrons. The number of amides is 2. The minimum atomic E-state index is -0.286. The van der Waals surface area contributed by atoms with E-state index in [-0.39, 0.29) is 12.1 Å². The number of carbonyl (C=O) groups excluding carboxylic acids is 1. The fourth-order valence-electron chi connectivity index (χ4n) is 2.14. The van der Waals surface area contributed by atoms with E-state index >= 15 is 0 Å². The van der Waals surface area contributed by atoms with Crippen molar-refractivity contribution in [2.45, 2.75) is 26.3 Å². The summed E-state index contributed by atoms with van der Waals surface area (Å²) in [6, 6.07) is 9.69. The Morgan fingerprint density at radius 3 is 2.55 bits per heavy atom. The largest absolute Gasteiger partial charge is 0.378 e. The van der Waals surface area contributed by atoms with Crippen molar-refractivity contribution >= 4 is 17.5 Å². The van der Waals surface area contributed by atoms with Crippen molar-refractivity contribution in [2.75, 3.05) is 24.3 Å². The van der Waals surface area contributed by atoms with Gasteiger partial charge in [0, 0.05) is 31.9 Å². The molecule has 2 aromatic rings. The topological polar surface area (TPSA) is 70.4 Å². The molecule has 0 saturated heterocycles. The fourth-order valence-corrected chi connectivity index (χ4v) is 2.14. The fraction of sp³-hybridized carbons (Fsp3) is 0.375. The molecule has 118 valence electrons. The molecule has 1 aromatic heterocycles. The summed E-state index contributed by atoms with van der Waals surface area (Å²) in [7, 11) is 4.02. The Labute approximate surface area is 130 Å². The Kier molecular flexibility index (Phi) is 5.04. The van der Waals surface area contributed by atoms with Crippen molar-refractivity contribution in [3.63, 3.8) is 0 Å². The molecule has 1 aromatic carbocycles. The van der Waals surface area contributed by atoms with E-state index in [0.717, 1.165) is 12.1 Å². The summed E-state index contributed by atoms with van der Waals surface area (Å²) in [6.07, 6.45) is 0.763. The second-order valence-corrected chi connectivity index (χ2v) is 5.59. The van der Waals surface area contributed by atoms with Crippen LogP contribution in [-0.2, 0) is 6.42 Å². The number of rotatable bonds is 5. The average molecular weight is 302 g/mol. The molecule has 2 N–H and O–H groups in total. The van der Waals surface area contributed by atoms with Gasteiger partial charge in [0.15, 0.2) is 5.82 Å². The van der Waals surface area contributed by atoms with Crippen molar-refractivity contribution < 1.29 is 9.32 Å². The zero-order chi connectivity index (χ0) is 16.1. The van der Waals surface area contributed by atoms with E-state index in [4.69, 9.17) is 4.52 Å². The van der Waals surface area contributed by atoms with Gasteiger partial charge in [0.2, 0.25) is 0 Å². The molecule has 6 heteroatoms. The predicted molar refractivity (Wildman–Crippen MR) is 87.3 cm³/mol. The van der Waals surface area contributed by atoms with E-state index in [1.807, 2.05) is 21.0 Å². The van der Waals surface area contributed by atoms with Crippen molar-refractivity contribution in [3.8, 4) is 0 Å². The van der Waals surface area contributed by atoms with Crippen molar-refractivity contribution in [1.29, 1.82) is 0 Å². The Morgan fingerprint density at radius 1 is 1.32 bits per heavy atom. The number of urea groups is 1. The first-order chi connectivity index (χ1) is 10.4. The monoisotopic (exact) mass is 302 g/mol. The summed E-state index contributed by atoms with van der Waals surface area (Å²) in [6.45, 7) is 3.74. The number of nitrogens with zero attached hydrogens (tertiary/aromatic N) is 2. The van der Waals surface area contributed by atoms with E-state index in [1.165, 1.54) is 5.56 Å². The molecule has 2 amide bonds. The molecular weight excluding hydrogens is 280 g/mol. The van der Waals surface area contributed by atoms with E-state index in [9.17, 15) is 4.79 Å². The van der Waals surface area contributed by atoms with E-state index in [1.54, 1.807) is 13.0 Å². The van der Waals surface area contributed by atoms with Crippen molar-refractivity contribution in [1.82, 2.24) is 10.5 Å². The molecule has 0 bridgehead atoms. The van der Waals surface area contributed by atoms with Crippen LogP contribution in [0.25, 0.3) is 0 Å². The summed E-state index contributed by atoms with van der Waals surface area (Å²) in [5.74, 6) is 1.07. The second-order valence-electron chi connectivity index (χ2n) is 5.59.